The molecule has 1 aliphatic rings. The van der Waals surface area contributed by atoms with Crippen LogP contribution < -0.4 is 17.2 Å². The minimum atomic E-state index is -4.89. The molecule has 8 nitrogen and oxygen atoms in total. The number of nitrogens with two attached hydrogens (primary N) is 3. The molecule has 0 bridgehead atoms. The summed E-state index contributed by atoms with van der Waals surface area (Å²) >= 11 is 0. The second kappa shape index (κ2) is 6.16. The van der Waals surface area contributed by atoms with Gasteiger partial charge in [0.15, 0.2) is 11.6 Å². The zero-order valence-electron chi connectivity index (χ0n) is 14.8. The van der Waals surface area contributed by atoms with Crippen LogP contribution in [0, 0.1) is 0 Å². The van der Waals surface area contributed by atoms with E-state index in [4.69, 9.17) is 17.2 Å². The summed E-state index contributed by atoms with van der Waals surface area (Å²) in [5.74, 6) is -1.16. The molecule has 146 valence electrons. The quantitative estimate of drug-likeness (QED) is 0.288. The van der Waals surface area contributed by atoms with Crippen LogP contribution in [0.25, 0.3) is 11.1 Å². The maximum absolute atomic E-state index is 13.3. The number of rotatable bonds is 2. The fourth-order valence-electron chi connectivity index (χ4n) is 3.61. The van der Waals surface area contributed by atoms with E-state index < -0.39 is 38.0 Å². The number of fused-ring (bicyclic) bond motifs is 2. The lowest BCUT2D eigenvalue weighted by atomic mass is 9.79. The van der Waals surface area contributed by atoms with Gasteiger partial charge >= 0.3 is 0 Å². The van der Waals surface area contributed by atoms with Crippen LogP contribution in [0.5, 0.6) is 0 Å². The molecule has 7 N–H and O–H groups in total. The van der Waals surface area contributed by atoms with Gasteiger partial charge in [-0.3, -0.25) is 14.1 Å². The Morgan fingerprint density at radius 3 is 1.69 bits per heavy atom. The van der Waals surface area contributed by atoms with E-state index in [1.807, 2.05) is 0 Å². The Balaban J connectivity index is 2.21. The number of ketones is 2. The lowest BCUT2D eigenvalue weighted by Gasteiger charge is -2.25. The summed E-state index contributed by atoms with van der Waals surface area (Å²) < 4.78 is 33.7. The van der Waals surface area contributed by atoms with Gasteiger partial charge in [0.2, 0.25) is 0 Å². The summed E-state index contributed by atoms with van der Waals surface area (Å²) in [6.07, 6.45) is 0. The SMILES string of the molecule is Nc1ccc(-c2c(N)c(S(=O)(=O)O)c(N)c3c2C(=O)c2ccccc2C3=O)cc1. The van der Waals surface area contributed by atoms with Gasteiger partial charge in [-0.05, 0) is 17.7 Å². The highest BCUT2D eigenvalue weighted by Crippen LogP contribution is 2.45. The average Bonchev–Trinajstić information content (AvgIpc) is 2.66. The van der Waals surface area contributed by atoms with Crippen molar-refractivity contribution in [3.05, 3.63) is 70.8 Å². The molecule has 3 aromatic carbocycles. The predicted octanol–water partition coefficient (Wildman–Crippen LogP) is 2.12. The number of carbonyl (C=O) groups is 2. The van der Waals surface area contributed by atoms with Crippen molar-refractivity contribution in [2.24, 2.45) is 0 Å². The standard InChI is InChI=1S/C20H15N3O5S/c21-10-7-5-9(6-8-10)13-14-15(17(23)20(16(13)22)29(26,27)28)19(25)12-4-2-1-3-11(12)18(14)24/h1-8H,21-23H2,(H,26,27,28). The van der Waals surface area contributed by atoms with Crippen LogP contribution in [0.4, 0.5) is 17.1 Å². The maximum atomic E-state index is 13.3. The van der Waals surface area contributed by atoms with Crippen LogP contribution in [-0.2, 0) is 10.1 Å². The first-order chi connectivity index (χ1) is 13.6. The molecular formula is C20H15N3O5S. The molecule has 29 heavy (non-hydrogen) atoms. The molecule has 0 fully saturated rings. The Morgan fingerprint density at radius 2 is 1.17 bits per heavy atom. The van der Waals surface area contributed by atoms with Crippen molar-refractivity contribution in [2.75, 3.05) is 17.2 Å². The maximum Gasteiger partial charge on any atom is 0.298 e. The molecule has 0 aliphatic heterocycles. The molecule has 4 rings (SSSR count). The average molecular weight is 409 g/mol. The third-order valence-electron chi connectivity index (χ3n) is 4.86. The first-order valence-corrected chi connectivity index (χ1v) is 9.83. The van der Waals surface area contributed by atoms with Gasteiger partial charge < -0.3 is 17.2 Å². The molecule has 0 heterocycles. The van der Waals surface area contributed by atoms with Crippen molar-refractivity contribution in [1.29, 1.82) is 0 Å². The molecule has 0 saturated carbocycles. The first-order valence-electron chi connectivity index (χ1n) is 8.39. The van der Waals surface area contributed by atoms with Crippen molar-refractivity contribution in [3.8, 4) is 11.1 Å². The van der Waals surface area contributed by atoms with Gasteiger partial charge in [-0.15, -0.1) is 0 Å². The Labute approximate surface area is 165 Å². The molecule has 0 amide bonds. The van der Waals surface area contributed by atoms with E-state index in [0.29, 0.717) is 11.3 Å². The Hall–Kier alpha value is -3.69. The van der Waals surface area contributed by atoms with E-state index in [9.17, 15) is 22.6 Å². The topological polar surface area (TPSA) is 167 Å². The normalized spacial score (nSPS) is 13.1. The lowest BCUT2D eigenvalue weighted by molar-refractivity contribution is 0.0980. The van der Waals surface area contributed by atoms with Crippen LogP contribution in [-0.4, -0.2) is 24.5 Å². The Kier molecular flexibility index (Phi) is 3.96. The van der Waals surface area contributed by atoms with Crippen LogP contribution in [0.15, 0.2) is 53.4 Å². The first kappa shape index (κ1) is 18.7. The van der Waals surface area contributed by atoms with Crippen LogP contribution >= 0.6 is 0 Å². The van der Waals surface area contributed by atoms with Gasteiger partial charge in [0, 0.05) is 27.9 Å². The van der Waals surface area contributed by atoms with Crippen LogP contribution in [0.1, 0.15) is 31.8 Å². The van der Waals surface area contributed by atoms with Crippen molar-refractivity contribution >= 4 is 38.7 Å². The molecule has 0 aromatic heterocycles. The number of hydrogen-bond donors (Lipinski definition) is 4. The fourth-order valence-corrected chi connectivity index (χ4v) is 4.37. The largest absolute Gasteiger partial charge is 0.399 e. The molecule has 9 heteroatoms. The van der Waals surface area contributed by atoms with Gasteiger partial charge in [-0.1, -0.05) is 36.4 Å². The van der Waals surface area contributed by atoms with Crippen LogP contribution in [0.2, 0.25) is 0 Å². The molecule has 0 unspecified atom stereocenters. The van der Waals surface area contributed by atoms with Crippen LogP contribution in [0.3, 0.4) is 0 Å². The predicted molar refractivity (Wildman–Crippen MR) is 108 cm³/mol. The Bertz CT molecular complexity index is 1330. The number of carbonyl (C=O) groups excluding carboxylic acids is 2. The van der Waals surface area contributed by atoms with E-state index in [2.05, 4.69) is 0 Å². The van der Waals surface area contributed by atoms with E-state index in [0.717, 1.165) is 0 Å². The van der Waals surface area contributed by atoms with Gasteiger partial charge in [-0.2, -0.15) is 8.42 Å². The highest BCUT2D eigenvalue weighted by Gasteiger charge is 2.38. The highest BCUT2D eigenvalue weighted by molar-refractivity contribution is 7.86. The molecule has 0 radical (unpaired) electrons. The van der Waals surface area contributed by atoms with Gasteiger partial charge in [0.05, 0.1) is 16.9 Å². The van der Waals surface area contributed by atoms with Crippen molar-refractivity contribution in [2.45, 2.75) is 4.90 Å². The molecule has 0 saturated heterocycles. The summed E-state index contributed by atoms with van der Waals surface area (Å²) in [5.41, 5.74) is 17.4. The highest BCUT2D eigenvalue weighted by atomic mass is 32.2. The van der Waals surface area contributed by atoms with Gasteiger partial charge in [0.1, 0.15) is 4.90 Å². The second-order valence-electron chi connectivity index (χ2n) is 6.58. The van der Waals surface area contributed by atoms with Gasteiger partial charge in [0.25, 0.3) is 10.1 Å². The molecule has 0 atom stereocenters. The van der Waals surface area contributed by atoms with Gasteiger partial charge in [-0.25, -0.2) is 0 Å². The number of hydrogen-bond acceptors (Lipinski definition) is 7. The monoisotopic (exact) mass is 409 g/mol. The number of benzene rings is 3. The summed E-state index contributed by atoms with van der Waals surface area (Å²) in [7, 11) is -4.89. The summed E-state index contributed by atoms with van der Waals surface area (Å²) in [4.78, 5) is 25.6. The number of anilines is 3. The van der Waals surface area contributed by atoms with Crippen molar-refractivity contribution in [1.82, 2.24) is 0 Å². The van der Waals surface area contributed by atoms with E-state index >= 15 is 0 Å². The van der Waals surface area contributed by atoms with Crippen molar-refractivity contribution in [3.63, 3.8) is 0 Å². The lowest BCUT2D eigenvalue weighted by Crippen LogP contribution is -2.26. The molecule has 1 aliphatic carbocycles. The summed E-state index contributed by atoms with van der Waals surface area (Å²) in [6.45, 7) is 0. The fraction of sp³-hybridized carbons (Fsp3) is 0. The molecule has 3 aromatic rings. The van der Waals surface area contributed by atoms with E-state index in [1.54, 1.807) is 12.1 Å². The summed E-state index contributed by atoms with van der Waals surface area (Å²) in [6, 6.07) is 12.3. The van der Waals surface area contributed by atoms with Crippen molar-refractivity contribution < 1.29 is 22.6 Å². The smallest absolute Gasteiger partial charge is 0.298 e. The molecule has 0 spiro atoms. The third-order valence-corrected chi connectivity index (χ3v) is 5.81. The zero-order valence-corrected chi connectivity index (χ0v) is 15.7. The zero-order chi connectivity index (χ0) is 21.1. The van der Waals surface area contributed by atoms with E-state index in [-0.39, 0.29) is 27.8 Å². The summed E-state index contributed by atoms with van der Waals surface area (Å²) in [5, 5.41) is 0. The van der Waals surface area contributed by atoms with E-state index in [1.165, 1.54) is 36.4 Å². The third kappa shape index (κ3) is 2.67. The second-order valence-corrected chi connectivity index (χ2v) is 7.94. The minimum absolute atomic E-state index is 0.00493. The number of nitrogen functional groups attached to an aromatic ring is 3. The minimum Gasteiger partial charge on any atom is -0.399 e. The molecular weight excluding hydrogens is 394 g/mol. The Morgan fingerprint density at radius 1 is 0.690 bits per heavy atom.